The van der Waals surface area contributed by atoms with Gasteiger partial charge in [-0.05, 0) is 43.9 Å². The van der Waals surface area contributed by atoms with E-state index in [1.807, 2.05) is 24.0 Å². The molecule has 1 saturated carbocycles. The molecule has 3 heterocycles. The Morgan fingerprint density at radius 3 is 2.63 bits per heavy atom. The van der Waals surface area contributed by atoms with Crippen LogP contribution in [-0.2, 0) is 12.7 Å². The Bertz CT molecular complexity index is 806. The molecule has 27 heavy (non-hydrogen) atoms. The highest BCUT2D eigenvalue weighted by atomic mass is 19.4. The Balaban J connectivity index is 1.50. The van der Waals surface area contributed by atoms with Crippen molar-refractivity contribution in [3.63, 3.8) is 0 Å². The van der Waals surface area contributed by atoms with Crippen molar-refractivity contribution in [2.24, 2.45) is 0 Å². The maximum Gasteiger partial charge on any atom is 0.433 e. The third kappa shape index (κ3) is 4.05. The lowest BCUT2D eigenvalue weighted by atomic mass is 10.2. The molecule has 2 aliphatic rings. The van der Waals surface area contributed by atoms with Gasteiger partial charge in [-0.2, -0.15) is 13.2 Å². The molecule has 1 aliphatic carbocycles. The van der Waals surface area contributed by atoms with Crippen LogP contribution in [0.4, 0.5) is 19.1 Å². The first-order chi connectivity index (χ1) is 12.9. The summed E-state index contributed by atoms with van der Waals surface area (Å²) in [5, 5.41) is 0. The Kier molecular flexibility index (Phi) is 4.75. The van der Waals surface area contributed by atoms with Crippen LogP contribution in [-0.4, -0.2) is 45.0 Å². The van der Waals surface area contributed by atoms with E-state index in [-0.39, 0.29) is 18.0 Å². The normalized spacial score (nSPS) is 20.8. The van der Waals surface area contributed by atoms with Gasteiger partial charge in [-0.15, -0.1) is 0 Å². The molecular formula is C19H22F3N5. The average Bonchev–Trinajstić information content (AvgIpc) is 3.36. The van der Waals surface area contributed by atoms with E-state index in [4.69, 9.17) is 0 Å². The van der Waals surface area contributed by atoms with Crippen molar-refractivity contribution in [2.45, 2.75) is 51.0 Å². The Morgan fingerprint density at radius 1 is 1.11 bits per heavy atom. The topological polar surface area (TPSA) is 45.2 Å². The number of aryl methyl sites for hydroxylation is 1. The molecule has 0 amide bonds. The van der Waals surface area contributed by atoms with Gasteiger partial charge in [-0.25, -0.2) is 9.97 Å². The lowest BCUT2D eigenvalue weighted by Crippen LogP contribution is -2.40. The van der Waals surface area contributed by atoms with Crippen LogP contribution in [0.15, 0.2) is 30.6 Å². The average molecular weight is 377 g/mol. The Labute approximate surface area is 156 Å². The highest BCUT2D eigenvalue weighted by Gasteiger charge is 2.40. The molecule has 8 heteroatoms. The number of pyridine rings is 1. The quantitative estimate of drug-likeness (QED) is 0.799. The van der Waals surface area contributed by atoms with Crippen molar-refractivity contribution >= 4 is 5.95 Å². The summed E-state index contributed by atoms with van der Waals surface area (Å²) in [6.07, 6.45) is 1.41. The molecule has 1 saturated heterocycles. The number of aromatic nitrogens is 3. The molecule has 0 bridgehead atoms. The molecule has 1 unspecified atom stereocenters. The van der Waals surface area contributed by atoms with Crippen LogP contribution in [0.2, 0.25) is 0 Å². The number of rotatable bonds is 5. The molecule has 5 nitrogen and oxygen atoms in total. The van der Waals surface area contributed by atoms with Gasteiger partial charge in [0.25, 0.3) is 0 Å². The molecule has 0 N–H and O–H groups in total. The highest BCUT2D eigenvalue weighted by molar-refractivity contribution is 5.37. The summed E-state index contributed by atoms with van der Waals surface area (Å²) in [5.74, 6) is 0.202. The van der Waals surface area contributed by atoms with Crippen molar-refractivity contribution in [3.05, 3.63) is 47.5 Å². The fourth-order valence-electron chi connectivity index (χ4n) is 3.69. The van der Waals surface area contributed by atoms with Gasteiger partial charge in [0.05, 0.1) is 5.69 Å². The summed E-state index contributed by atoms with van der Waals surface area (Å²) in [4.78, 5) is 16.8. The number of anilines is 1. The minimum absolute atomic E-state index is 0.130. The number of alkyl halides is 3. The zero-order valence-electron chi connectivity index (χ0n) is 15.2. The molecule has 2 aromatic rings. The van der Waals surface area contributed by atoms with Gasteiger partial charge < -0.3 is 4.90 Å². The van der Waals surface area contributed by atoms with E-state index in [0.717, 1.165) is 56.2 Å². The van der Waals surface area contributed by atoms with Gasteiger partial charge >= 0.3 is 6.18 Å². The molecular weight excluding hydrogens is 355 g/mol. The van der Waals surface area contributed by atoms with Gasteiger partial charge in [-0.3, -0.25) is 9.88 Å². The van der Waals surface area contributed by atoms with Gasteiger partial charge in [0, 0.05) is 44.1 Å². The predicted molar refractivity (Wildman–Crippen MR) is 95.2 cm³/mol. The summed E-state index contributed by atoms with van der Waals surface area (Å²) in [7, 11) is 0. The summed E-state index contributed by atoms with van der Waals surface area (Å²) < 4.78 is 39.1. The second kappa shape index (κ2) is 7.07. The zero-order chi connectivity index (χ0) is 19.0. The molecule has 2 aromatic heterocycles. The van der Waals surface area contributed by atoms with Crippen LogP contribution >= 0.6 is 0 Å². The summed E-state index contributed by atoms with van der Waals surface area (Å²) in [5.41, 5.74) is 1.32. The van der Waals surface area contributed by atoms with Gasteiger partial charge in [0.2, 0.25) is 5.95 Å². The van der Waals surface area contributed by atoms with Crippen molar-refractivity contribution in [1.82, 2.24) is 19.9 Å². The SMILES string of the molecule is Cc1cccnc1CN1CCC(N(c2nccc(C(F)(F)F)n2)C2CC2)C1. The second-order valence-corrected chi connectivity index (χ2v) is 7.32. The monoisotopic (exact) mass is 377 g/mol. The number of nitrogens with zero attached hydrogens (tertiary/aromatic N) is 5. The smallest absolute Gasteiger partial charge is 0.334 e. The van der Waals surface area contributed by atoms with Crippen molar-refractivity contribution in [3.8, 4) is 0 Å². The molecule has 0 radical (unpaired) electrons. The maximum absolute atomic E-state index is 13.0. The lowest BCUT2D eigenvalue weighted by molar-refractivity contribution is -0.141. The van der Waals surface area contributed by atoms with E-state index in [2.05, 4.69) is 19.9 Å². The second-order valence-electron chi connectivity index (χ2n) is 7.32. The standard InChI is InChI=1S/C19H22F3N5/c1-13-3-2-8-23-16(13)12-26-10-7-15(11-26)27(14-4-5-14)18-24-9-6-17(25-18)19(20,21)22/h2-3,6,8-9,14-15H,4-5,7,10-12H2,1H3. The van der Waals surface area contributed by atoms with Crippen molar-refractivity contribution in [1.29, 1.82) is 0 Å². The van der Waals surface area contributed by atoms with Crippen molar-refractivity contribution in [2.75, 3.05) is 18.0 Å². The molecule has 0 spiro atoms. The van der Waals surface area contributed by atoms with E-state index >= 15 is 0 Å². The third-order valence-corrected chi connectivity index (χ3v) is 5.24. The third-order valence-electron chi connectivity index (χ3n) is 5.24. The van der Waals surface area contributed by atoms with E-state index in [9.17, 15) is 13.2 Å². The van der Waals surface area contributed by atoms with Crippen LogP contribution in [0.1, 0.15) is 36.2 Å². The minimum atomic E-state index is -4.45. The fraction of sp³-hybridized carbons (Fsp3) is 0.526. The van der Waals surface area contributed by atoms with E-state index in [1.165, 1.54) is 6.20 Å². The first kappa shape index (κ1) is 18.2. The van der Waals surface area contributed by atoms with Crippen LogP contribution in [0.25, 0.3) is 0 Å². The molecule has 1 atom stereocenters. The summed E-state index contributed by atoms with van der Waals surface area (Å²) >= 11 is 0. The van der Waals surface area contributed by atoms with Crippen molar-refractivity contribution < 1.29 is 13.2 Å². The number of hydrogen-bond donors (Lipinski definition) is 0. The number of hydrogen-bond acceptors (Lipinski definition) is 5. The largest absolute Gasteiger partial charge is 0.433 e. The highest BCUT2D eigenvalue weighted by Crippen LogP contribution is 2.36. The lowest BCUT2D eigenvalue weighted by Gasteiger charge is -2.29. The van der Waals surface area contributed by atoms with Gasteiger partial charge in [0.1, 0.15) is 5.69 Å². The van der Waals surface area contributed by atoms with Gasteiger partial charge in [-0.1, -0.05) is 6.07 Å². The number of likely N-dealkylation sites (tertiary alicyclic amines) is 1. The van der Waals surface area contributed by atoms with Gasteiger partial charge in [0.15, 0.2) is 0 Å². The molecule has 2 fully saturated rings. The molecule has 4 rings (SSSR count). The Hall–Kier alpha value is -2.22. The van der Waals surface area contributed by atoms with Crippen LogP contribution in [0, 0.1) is 6.92 Å². The maximum atomic E-state index is 13.0. The Morgan fingerprint density at radius 2 is 1.93 bits per heavy atom. The first-order valence-corrected chi connectivity index (χ1v) is 9.23. The molecule has 144 valence electrons. The minimum Gasteiger partial charge on any atom is -0.334 e. The van der Waals surface area contributed by atoms with Crippen LogP contribution in [0.3, 0.4) is 0 Å². The summed E-state index contributed by atoms with van der Waals surface area (Å²) in [6, 6.07) is 5.27. The summed E-state index contributed by atoms with van der Waals surface area (Å²) in [6.45, 7) is 4.48. The predicted octanol–water partition coefficient (Wildman–Crippen LogP) is 3.44. The van der Waals surface area contributed by atoms with E-state index in [1.54, 1.807) is 6.20 Å². The zero-order valence-corrected chi connectivity index (χ0v) is 15.2. The number of halogens is 3. The van der Waals surface area contributed by atoms with E-state index < -0.39 is 11.9 Å². The fourth-order valence-corrected chi connectivity index (χ4v) is 3.69. The molecule has 0 aromatic carbocycles. The first-order valence-electron chi connectivity index (χ1n) is 9.23. The van der Waals surface area contributed by atoms with Crippen LogP contribution in [0.5, 0.6) is 0 Å². The van der Waals surface area contributed by atoms with E-state index in [0.29, 0.717) is 0 Å². The molecule has 1 aliphatic heterocycles. The van der Waals surface area contributed by atoms with Crippen LogP contribution < -0.4 is 4.90 Å².